The van der Waals surface area contributed by atoms with Crippen LogP contribution in [0, 0.1) is 5.92 Å². The summed E-state index contributed by atoms with van der Waals surface area (Å²) in [5.41, 5.74) is 0. The van der Waals surface area contributed by atoms with Crippen LogP contribution in [0.3, 0.4) is 0 Å². The third-order valence-corrected chi connectivity index (χ3v) is 2.92. The second kappa shape index (κ2) is 10.9. The molecule has 122 valence electrons. The fraction of sp³-hybridized carbons (Fsp3) is 0.786. The van der Waals surface area contributed by atoms with Crippen molar-refractivity contribution in [3.05, 3.63) is 0 Å². The van der Waals surface area contributed by atoms with E-state index in [0.717, 1.165) is 6.42 Å². The molecule has 2 N–H and O–H groups in total. The van der Waals surface area contributed by atoms with Crippen molar-refractivity contribution in [2.24, 2.45) is 5.92 Å². The molecule has 0 aromatic rings. The van der Waals surface area contributed by atoms with Crippen molar-refractivity contribution in [1.82, 2.24) is 10.2 Å². The van der Waals surface area contributed by atoms with E-state index in [1.165, 1.54) is 4.90 Å². The van der Waals surface area contributed by atoms with Crippen LogP contribution in [0.2, 0.25) is 0 Å². The number of amides is 2. The number of carboxylic acids is 1. The first kappa shape index (κ1) is 19.2. The molecule has 1 unspecified atom stereocenters. The van der Waals surface area contributed by atoms with Crippen LogP contribution in [-0.2, 0) is 14.3 Å². The van der Waals surface area contributed by atoms with E-state index in [9.17, 15) is 14.4 Å². The number of carboxylic acid groups (broad SMARTS) is 1. The lowest BCUT2D eigenvalue weighted by molar-refractivity contribution is -0.144. The topological polar surface area (TPSA) is 95.9 Å². The quantitative estimate of drug-likeness (QED) is 0.470. The van der Waals surface area contributed by atoms with Gasteiger partial charge in [-0.15, -0.1) is 0 Å². The summed E-state index contributed by atoms with van der Waals surface area (Å²) in [5.74, 6) is -1.69. The van der Waals surface area contributed by atoms with Gasteiger partial charge >= 0.3 is 18.0 Å². The first-order valence-electron chi connectivity index (χ1n) is 7.33. The van der Waals surface area contributed by atoms with Crippen LogP contribution in [0.4, 0.5) is 4.79 Å². The minimum atomic E-state index is -0.837. The van der Waals surface area contributed by atoms with Gasteiger partial charge < -0.3 is 20.1 Å². The van der Waals surface area contributed by atoms with E-state index in [1.807, 2.05) is 6.92 Å². The number of carbonyl (C=O) groups excluding carboxylic acids is 2. The highest BCUT2D eigenvalue weighted by molar-refractivity contribution is 5.80. The summed E-state index contributed by atoms with van der Waals surface area (Å²) in [5, 5.41) is 11.4. The summed E-state index contributed by atoms with van der Waals surface area (Å²) in [6, 6.07) is -0.326. The average molecular weight is 302 g/mol. The minimum Gasteiger partial charge on any atom is -0.481 e. The van der Waals surface area contributed by atoms with Crippen molar-refractivity contribution >= 4 is 18.0 Å². The molecule has 7 heteroatoms. The zero-order valence-corrected chi connectivity index (χ0v) is 13.1. The Morgan fingerprint density at radius 3 is 2.48 bits per heavy atom. The molecule has 0 saturated carbocycles. The van der Waals surface area contributed by atoms with E-state index in [-0.39, 0.29) is 19.2 Å². The molecule has 0 aromatic carbocycles. The first-order valence-corrected chi connectivity index (χ1v) is 7.33. The van der Waals surface area contributed by atoms with Gasteiger partial charge in [0.2, 0.25) is 0 Å². The zero-order chi connectivity index (χ0) is 16.3. The van der Waals surface area contributed by atoms with Gasteiger partial charge in [-0.25, -0.2) is 4.79 Å². The molecule has 7 nitrogen and oxygen atoms in total. The molecule has 0 spiro atoms. The Morgan fingerprint density at radius 2 is 1.95 bits per heavy atom. The number of hydrogen-bond acceptors (Lipinski definition) is 4. The van der Waals surface area contributed by atoms with Crippen LogP contribution in [0.15, 0.2) is 0 Å². The molecule has 0 aliphatic heterocycles. The second-order valence-corrected chi connectivity index (χ2v) is 4.84. The Labute approximate surface area is 125 Å². The fourth-order valence-corrected chi connectivity index (χ4v) is 1.72. The Morgan fingerprint density at radius 1 is 1.29 bits per heavy atom. The largest absolute Gasteiger partial charge is 0.481 e. The molecular formula is C14H26N2O5. The number of nitrogens with zero attached hydrogens (tertiary/aromatic N) is 1. The molecule has 2 amide bonds. The van der Waals surface area contributed by atoms with Crippen molar-refractivity contribution in [2.45, 2.75) is 40.0 Å². The van der Waals surface area contributed by atoms with Crippen molar-refractivity contribution in [1.29, 1.82) is 0 Å². The molecule has 0 rings (SSSR count). The summed E-state index contributed by atoms with van der Waals surface area (Å²) in [6.07, 6.45) is 1.82. The Balaban J connectivity index is 4.11. The van der Waals surface area contributed by atoms with Crippen LogP contribution >= 0.6 is 0 Å². The molecule has 0 heterocycles. The zero-order valence-electron chi connectivity index (χ0n) is 13.1. The van der Waals surface area contributed by atoms with Gasteiger partial charge in [0, 0.05) is 13.1 Å². The van der Waals surface area contributed by atoms with Crippen molar-refractivity contribution in [3.63, 3.8) is 0 Å². The third kappa shape index (κ3) is 8.88. The summed E-state index contributed by atoms with van der Waals surface area (Å²) in [4.78, 5) is 35.4. The molecule has 0 saturated heterocycles. The normalized spacial score (nSPS) is 11.6. The number of hydrogen-bond donors (Lipinski definition) is 2. The SMILES string of the molecule is CCCN(CC(=O)OCC)C(=O)NCCCC(C)C(=O)O. The van der Waals surface area contributed by atoms with Gasteiger partial charge in [0.05, 0.1) is 12.5 Å². The summed E-state index contributed by atoms with van der Waals surface area (Å²) in [7, 11) is 0. The highest BCUT2D eigenvalue weighted by atomic mass is 16.5. The van der Waals surface area contributed by atoms with Crippen LogP contribution < -0.4 is 5.32 Å². The number of ether oxygens (including phenoxy) is 1. The maximum atomic E-state index is 11.9. The van der Waals surface area contributed by atoms with Crippen LogP contribution in [0.25, 0.3) is 0 Å². The van der Waals surface area contributed by atoms with Gasteiger partial charge in [0.15, 0.2) is 0 Å². The standard InChI is InChI=1S/C14H26N2O5/c1-4-9-16(10-12(17)21-5-2)14(20)15-8-6-7-11(3)13(18)19/h11H,4-10H2,1-3H3,(H,15,20)(H,18,19). The smallest absolute Gasteiger partial charge is 0.325 e. The molecule has 1 atom stereocenters. The van der Waals surface area contributed by atoms with Gasteiger partial charge in [-0.3, -0.25) is 9.59 Å². The van der Waals surface area contributed by atoms with E-state index >= 15 is 0 Å². The summed E-state index contributed by atoms with van der Waals surface area (Å²) >= 11 is 0. The van der Waals surface area contributed by atoms with Crippen LogP contribution in [0.5, 0.6) is 0 Å². The average Bonchev–Trinajstić information content (AvgIpc) is 2.42. The highest BCUT2D eigenvalue weighted by Crippen LogP contribution is 2.04. The Hall–Kier alpha value is -1.79. The van der Waals surface area contributed by atoms with Crippen LogP contribution in [0.1, 0.15) is 40.0 Å². The van der Waals surface area contributed by atoms with E-state index in [1.54, 1.807) is 13.8 Å². The summed E-state index contributed by atoms with van der Waals surface area (Å²) in [6.45, 7) is 6.34. The number of urea groups is 1. The number of nitrogens with one attached hydrogen (secondary N) is 1. The number of carbonyl (C=O) groups is 3. The summed E-state index contributed by atoms with van der Waals surface area (Å²) < 4.78 is 4.83. The monoisotopic (exact) mass is 302 g/mol. The van der Waals surface area contributed by atoms with Gasteiger partial charge in [-0.1, -0.05) is 13.8 Å². The van der Waals surface area contributed by atoms with E-state index < -0.39 is 17.9 Å². The molecule has 0 radical (unpaired) electrons. The van der Waals surface area contributed by atoms with Gasteiger partial charge in [-0.2, -0.15) is 0 Å². The molecule has 0 aliphatic rings. The third-order valence-electron chi connectivity index (χ3n) is 2.92. The lowest BCUT2D eigenvalue weighted by Gasteiger charge is -2.21. The number of esters is 1. The minimum absolute atomic E-state index is 0.0704. The second-order valence-electron chi connectivity index (χ2n) is 4.84. The first-order chi connectivity index (χ1) is 9.92. The van der Waals surface area contributed by atoms with Gasteiger partial charge in [0.25, 0.3) is 0 Å². The highest BCUT2D eigenvalue weighted by Gasteiger charge is 2.17. The maximum absolute atomic E-state index is 11.9. The van der Waals surface area contributed by atoms with E-state index in [0.29, 0.717) is 25.9 Å². The fourth-order valence-electron chi connectivity index (χ4n) is 1.72. The molecule has 21 heavy (non-hydrogen) atoms. The number of rotatable bonds is 10. The molecule has 0 aliphatic carbocycles. The molecule has 0 fully saturated rings. The predicted octanol–water partition coefficient (Wildman–Crippen LogP) is 1.47. The lowest BCUT2D eigenvalue weighted by Crippen LogP contribution is -2.43. The van der Waals surface area contributed by atoms with E-state index in [2.05, 4.69) is 5.32 Å². The van der Waals surface area contributed by atoms with Gasteiger partial charge in [0.1, 0.15) is 6.54 Å². The predicted molar refractivity (Wildman–Crippen MR) is 77.9 cm³/mol. The molecular weight excluding hydrogens is 276 g/mol. The maximum Gasteiger partial charge on any atom is 0.325 e. The van der Waals surface area contributed by atoms with E-state index in [4.69, 9.17) is 9.84 Å². The number of aliphatic carboxylic acids is 1. The Kier molecular flexibility index (Phi) is 10.0. The van der Waals surface area contributed by atoms with Crippen molar-refractivity contribution in [3.8, 4) is 0 Å². The van der Waals surface area contributed by atoms with Gasteiger partial charge in [-0.05, 0) is 26.2 Å². The van der Waals surface area contributed by atoms with Crippen LogP contribution in [-0.4, -0.2) is 54.2 Å². The molecule has 0 bridgehead atoms. The lowest BCUT2D eigenvalue weighted by atomic mass is 10.1. The van der Waals surface area contributed by atoms with Crippen molar-refractivity contribution in [2.75, 3.05) is 26.2 Å². The molecule has 0 aromatic heterocycles. The van der Waals surface area contributed by atoms with Crippen molar-refractivity contribution < 1.29 is 24.2 Å². The Bertz CT molecular complexity index is 346.